The van der Waals surface area contributed by atoms with Gasteiger partial charge < -0.3 is 20.1 Å². The van der Waals surface area contributed by atoms with E-state index in [4.69, 9.17) is 9.47 Å². The fourth-order valence-corrected chi connectivity index (χ4v) is 3.76. The molecule has 0 aliphatic carbocycles. The number of cyclic esters (lactones) is 2. The Morgan fingerprint density at radius 1 is 0.688 bits per heavy atom. The first-order chi connectivity index (χ1) is 15.4. The lowest BCUT2D eigenvalue weighted by molar-refractivity contribution is -0.139. The van der Waals surface area contributed by atoms with E-state index < -0.39 is 30.4 Å². The van der Waals surface area contributed by atoms with E-state index in [0.717, 1.165) is 0 Å². The quantitative estimate of drug-likeness (QED) is 0.397. The molecular weight excluding hydrogens is 548 g/mol. The number of ether oxygens (including phenoxy) is 2. The van der Waals surface area contributed by atoms with Crippen molar-refractivity contribution in [3.8, 4) is 0 Å². The third kappa shape index (κ3) is 4.78. The van der Waals surface area contributed by atoms with Crippen LogP contribution in [0.4, 0.5) is 16.2 Å². The number of benzene rings is 2. The second-order valence-corrected chi connectivity index (χ2v) is 8.21. The molecule has 0 bridgehead atoms. The van der Waals surface area contributed by atoms with E-state index in [0.29, 0.717) is 22.8 Å². The largest absolute Gasteiger partial charge is 0.432 e. The van der Waals surface area contributed by atoms with Crippen LogP contribution in [0.1, 0.15) is 0 Å². The first-order valence-electron chi connectivity index (χ1n) is 9.35. The molecule has 0 fully saturated rings. The van der Waals surface area contributed by atoms with Gasteiger partial charge in [0.1, 0.15) is 8.96 Å². The SMILES string of the molecule is O=C(N[C@H]1OC(=O)C(Br)=C1Nc1ccccc1)N[C@H]1OC(=O)C(Br)=C1Nc1ccccc1. The predicted octanol–water partition coefficient (Wildman–Crippen LogP) is 3.49. The Balaban J connectivity index is 1.44. The smallest absolute Gasteiger partial charge is 0.349 e. The Hall–Kier alpha value is -3.31. The number of rotatable bonds is 6. The number of para-hydroxylation sites is 2. The van der Waals surface area contributed by atoms with E-state index in [1.807, 2.05) is 36.4 Å². The molecule has 0 saturated heterocycles. The van der Waals surface area contributed by atoms with Crippen molar-refractivity contribution in [2.24, 2.45) is 0 Å². The van der Waals surface area contributed by atoms with Gasteiger partial charge in [-0.1, -0.05) is 36.4 Å². The van der Waals surface area contributed by atoms with Crippen molar-refractivity contribution >= 4 is 61.2 Å². The third-order valence-electron chi connectivity index (χ3n) is 4.44. The first kappa shape index (κ1) is 21.9. The van der Waals surface area contributed by atoms with Gasteiger partial charge in [0.15, 0.2) is 0 Å². The van der Waals surface area contributed by atoms with Crippen molar-refractivity contribution in [1.29, 1.82) is 0 Å². The second-order valence-electron chi connectivity index (χ2n) is 6.63. The van der Waals surface area contributed by atoms with Gasteiger partial charge in [0.25, 0.3) is 0 Å². The number of hydrogen-bond donors (Lipinski definition) is 4. The Morgan fingerprint density at radius 3 is 1.44 bits per heavy atom. The van der Waals surface area contributed by atoms with E-state index >= 15 is 0 Å². The van der Waals surface area contributed by atoms with Crippen LogP contribution in [0.5, 0.6) is 0 Å². The molecule has 2 aliphatic heterocycles. The van der Waals surface area contributed by atoms with E-state index in [1.54, 1.807) is 24.3 Å². The monoisotopic (exact) mass is 562 g/mol. The highest BCUT2D eigenvalue weighted by Gasteiger charge is 2.37. The van der Waals surface area contributed by atoms with Crippen LogP contribution >= 0.6 is 31.9 Å². The number of nitrogens with one attached hydrogen (secondary N) is 4. The van der Waals surface area contributed by atoms with Crippen LogP contribution in [0.25, 0.3) is 0 Å². The van der Waals surface area contributed by atoms with Gasteiger partial charge >= 0.3 is 18.0 Å². The minimum Gasteiger partial charge on any atom is -0.432 e. The van der Waals surface area contributed by atoms with Crippen LogP contribution in [-0.4, -0.2) is 30.4 Å². The number of halogens is 2. The van der Waals surface area contributed by atoms with Gasteiger partial charge in [-0.25, -0.2) is 14.4 Å². The number of amides is 2. The molecule has 11 heteroatoms. The Labute approximate surface area is 199 Å². The molecule has 9 nitrogen and oxygen atoms in total. The molecule has 2 amide bonds. The molecular formula is C21H16Br2N4O5. The molecule has 0 spiro atoms. The summed E-state index contributed by atoms with van der Waals surface area (Å²) < 4.78 is 10.8. The van der Waals surface area contributed by atoms with Crippen molar-refractivity contribution in [2.45, 2.75) is 12.5 Å². The molecule has 4 N–H and O–H groups in total. The van der Waals surface area contributed by atoms with Crippen LogP contribution in [0, 0.1) is 0 Å². The first-order valence-corrected chi connectivity index (χ1v) is 10.9. The summed E-state index contributed by atoms with van der Waals surface area (Å²) in [6.07, 6.45) is -2.15. The van der Waals surface area contributed by atoms with Gasteiger partial charge in [-0.05, 0) is 56.1 Å². The van der Waals surface area contributed by atoms with Gasteiger partial charge in [0.2, 0.25) is 12.5 Å². The highest BCUT2D eigenvalue weighted by molar-refractivity contribution is 9.12. The van der Waals surface area contributed by atoms with Crippen molar-refractivity contribution in [2.75, 3.05) is 10.6 Å². The van der Waals surface area contributed by atoms with Crippen LogP contribution in [0.2, 0.25) is 0 Å². The van der Waals surface area contributed by atoms with Crippen LogP contribution in [0.3, 0.4) is 0 Å². The topological polar surface area (TPSA) is 118 Å². The number of urea groups is 1. The minimum absolute atomic E-state index is 0.160. The maximum atomic E-state index is 12.6. The van der Waals surface area contributed by atoms with Gasteiger partial charge in [-0.15, -0.1) is 0 Å². The molecule has 0 aromatic heterocycles. The van der Waals surface area contributed by atoms with E-state index in [2.05, 4.69) is 53.1 Å². The lowest BCUT2D eigenvalue weighted by Gasteiger charge is -2.21. The van der Waals surface area contributed by atoms with E-state index in [9.17, 15) is 14.4 Å². The Bertz CT molecular complexity index is 1030. The molecule has 2 aromatic rings. The third-order valence-corrected chi connectivity index (χ3v) is 5.94. The number of anilines is 2. The fourth-order valence-electron chi connectivity index (χ4n) is 2.96. The molecule has 32 heavy (non-hydrogen) atoms. The normalized spacial score (nSPS) is 20.1. The molecule has 2 heterocycles. The van der Waals surface area contributed by atoms with Crippen molar-refractivity contribution in [1.82, 2.24) is 10.6 Å². The van der Waals surface area contributed by atoms with Crippen LogP contribution < -0.4 is 21.3 Å². The average Bonchev–Trinajstić information content (AvgIpc) is 3.19. The minimum atomic E-state index is -1.08. The van der Waals surface area contributed by atoms with Crippen LogP contribution in [-0.2, 0) is 19.1 Å². The zero-order valence-corrected chi connectivity index (χ0v) is 19.4. The maximum Gasteiger partial charge on any atom is 0.349 e. The molecule has 0 radical (unpaired) electrons. The Kier molecular flexibility index (Phi) is 6.47. The molecule has 164 valence electrons. The Morgan fingerprint density at radius 2 is 1.06 bits per heavy atom. The molecule has 2 aromatic carbocycles. The molecule has 2 atom stereocenters. The van der Waals surface area contributed by atoms with Gasteiger partial charge in [0, 0.05) is 11.4 Å². The molecule has 0 saturated carbocycles. The summed E-state index contributed by atoms with van der Waals surface area (Å²) >= 11 is 6.37. The molecule has 0 unspecified atom stereocenters. The van der Waals surface area contributed by atoms with Gasteiger partial charge in [-0.2, -0.15) is 0 Å². The average molecular weight is 564 g/mol. The molecule has 4 rings (SSSR count). The lowest BCUT2D eigenvalue weighted by Crippen LogP contribution is -2.49. The molecule has 2 aliphatic rings. The summed E-state index contributed by atoms with van der Waals surface area (Å²) in [6.45, 7) is 0. The summed E-state index contributed by atoms with van der Waals surface area (Å²) in [4.78, 5) is 36.7. The fraction of sp³-hybridized carbons (Fsp3) is 0.0952. The van der Waals surface area contributed by atoms with Crippen molar-refractivity contribution in [3.63, 3.8) is 0 Å². The zero-order valence-electron chi connectivity index (χ0n) is 16.2. The lowest BCUT2D eigenvalue weighted by atomic mass is 10.3. The summed E-state index contributed by atoms with van der Waals surface area (Å²) in [7, 11) is 0. The zero-order chi connectivity index (χ0) is 22.7. The number of esters is 2. The summed E-state index contributed by atoms with van der Waals surface area (Å²) in [6, 6.07) is 17.5. The summed E-state index contributed by atoms with van der Waals surface area (Å²) in [5, 5.41) is 11.2. The number of carbonyl (C=O) groups excluding carboxylic acids is 3. The number of hydrogen-bond acceptors (Lipinski definition) is 7. The highest BCUT2D eigenvalue weighted by Crippen LogP contribution is 2.29. The number of carbonyl (C=O) groups is 3. The summed E-state index contributed by atoms with van der Waals surface area (Å²) in [5.74, 6) is -1.26. The second kappa shape index (κ2) is 9.45. The highest BCUT2D eigenvalue weighted by atomic mass is 79.9. The van der Waals surface area contributed by atoms with Crippen LogP contribution in [0.15, 0.2) is 81.0 Å². The van der Waals surface area contributed by atoms with E-state index in [-0.39, 0.29) is 8.96 Å². The van der Waals surface area contributed by atoms with Crippen molar-refractivity contribution < 1.29 is 23.9 Å². The van der Waals surface area contributed by atoms with Crippen molar-refractivity contribution in [3.05, 3.63) is 81.0 Å². The standard InChI is InChI=1S/C21H16Br2N4O5/c22-13-15(24-11-7-3-1-4-8-11)17(31-19(13)28)26-21(30)27-18-16(14(23)20(29)32-18)25-12-9-5-2-6-10-12/h1-10,17-18,24-25H,(H2,26,27,30)/t17-,18-/m0/s1. The van der Waals surface area contributed by atoms with Gasteiger partial charge in [-0.3, -0.25) is 10.6 Å². The summed E-state index contributed by atoms with van der Waals surface area (Å²) in [5.41, 5.74) is 2.07. The predicted molar refractivity (Wildman–Crippen MR) is 123 cm³/mol. The van der Waals surface area contributed by atoms with E-state index in [1.165, 1.54) is 0 Å². The maximum absolute atomic E-state index is 12.6. The van der Waals surface area contributed by atoms with Gasteiger partial charge in [0.05, 0.1) is 11.4 Å².